The third-order valence-corrected chi connectivity index (χ3v) is 5.49. The van der Waals surface area contributed by atoms with Gasteiger partial charge in [0.05, 0.1) is 10.8 Å². The van der Waals surface area contributed by atoms with E-state index in [1.54, 1.807) is 24.3 Å². The van der Waals surface area contributed by atoms with Crippen LogP contribution in [0.4, 0.5) is 5.69 Å². The number of fused-ring (bicyclic) bond motifs is 1. The van der Waals surface area contributed by atoms with Crippen molar-refractivity contribution in [1.82, 2.24) is 4.72 Å². The van der Waals surface area contributed by atoms with Gasteiger partial charge in [0.1, 0.15) is 0 Å². The van der Waals surface area contributed by atoms with Crippen LogP contribution < -0.4 is 10.0 Å². The number of amides is 2. The molecule has 0 aromatic heterocycles. The van der Waals surface area contributed by atoms with E-state index in [-0.39, 0.29) is 23.0 Å². The number of ketones is 1. The first-order valence-electron chi connectivity index (χ1n) is 7.84. The molecule has 2 aromatic carbocycles. The molecule has 0 radical (unpaired) electrons. The van der Waals surface area contributed by atoms with Crippen molar-refractivity contribution in [1.29, 1.82) is 0 Å². The van der Waals surface area contributed by atoms with Gasteiger partial charge in [0.15, 0.2) is 5.78 Å². The van der Waals surface area contributed by atoms with Gasteiger partial charge in [0.25, 0.3) is 10.0 Å². The summed E-state index contributed by atoms with van der Waals surface area (Å²) in [6, 6.07) is 12.0. The Bertz CT molecular complexity index is 996. The lowest BCUT2D eigenvalue weighted by Gasteiger charge is -2.24. The molecule has 26 heavy (non-hydrogen) atoms. The summed E-state index contributed by atoms with van der Waals surface area (Å²) in [6.45, 7) is 1.37. The topological polar surface area (TPSA) is 109 Å². The average Bonchev–Trinajstić information content (AvgIpc) is 2.60. The van der Waals surface area contributed by atoms with Crippen LogP contribution in [0.15, 0.2) is 53.4 Å². The van der Waals surface area contributed by atoms with E-state index in [9.17, 15) is 22.8 Å². The molecule has 8 heteroatoms. The number of hydrogen-bond donors (Lipinski definition) is 2. The Morgan fingerprint density at radius 2 is 1.73 bits per heavy atom. The summed E-state index contributed by atoms with van der Waals surface area (Å²) in [4.78, 5) is 35.5. The van der Waals surface area contributed by atoms with Crippen molar-refractivity contribution < 1.29 is 22.8 Å². The summed E-state index contributed by atoms with van der Waals surface area (Å²) in [5.41, 5.74) is 1.42. The van der Waals surface area contributed by atoms with Gasteiger partial charge in [-0.1, -0.05) is 30.3 Å². The molecule has 2 N–H and O–H groups in total. The molecule has 0 spiro atoms. The molecule has 1 heterocycles. The predicted octanol–water partition coefficient (Wildman–Crippen LogP) is 1.82. The number of benzene rings is 2. The van der Waals surface area contributed by atoms with Crippen molar-refractivity contribution in [3.8, 4) is 0 Å². The second-order valence-electron chi connectivity index (χ2n) is 5.94. The maximum Gasteiger partial charge on any atom is 0.264 e. The lowest BCUT2D eigenvalue weighted by atomic mass is 9.90. The molecule has 7 nitrogen and oxygen atoms in total. The molecule has 0 saturated heterocycles. The first-order valence-corrected chi connectivity index (χ1v) is 9.32. The van der Waals surface area contributed by atoms with E-state index in [0.717, 1.165) is 0 Å². The predicted molar refractivity (Wildman–Crippen MR) is 94.2 cm³/mol. The Hall–Kier alpha value is -3.00. The highest BCUT2D eigenvalue weighted by molar-refractivity contribution is 7.90. The smallest absolute Gasteiger partial charge is 0.264 e. The van der Waals surface area contributed by atoms with E-state index in [0.29, 0.717) is 16.8 Å². The molecular formula is C18H16N2O5S. The summed E-state index contributed by atoms with van der Waals surface area (Å²) in [6.07, 6.45) is -0.137. The van der Waals surface area contributed by atoms with Crippen LogP contribution in [-0.2, 0) is 19.6 Å². The number of Topliss-reactive ketones (excluding diaryl/α,β-unsaturated/α-hetero) is 1. The minimum Gasteiger partial charge on any atom is -0.326 e. The number of carbonyl (C=O) groups is 3. The van der Waals surface area contributed by atoms with E-state index < -0.39 is 21.8 Å². The maximum atomic E-state index is 12.5. The number of hydrogen-bond acceptors (Lipinski definition) is 5. The van der Waals surface area contributed by atoms with Gasteiger partial charge >= 0.3 is 0 Å². The van der Waals surface area contributed by atoms with E-state index in [4.69, 9.17) is 0 Å². The van der Waals surface area contributed by atoms with Crippen LogP contribution in [0, 0.1) is 0 Å². The molecule has 2 amide bonds. The Morgan fingerprint density at radius 3 is 2.38 bits per heavy atom. The van der Waals surface area contributed by atoms with Crippen molar-refractivity contribution in [2.45, 2.75) is 24.2 Å². The number of carbonyl (C=O) groups excluding carboxylic acids is 3. The van der Waals surface area contributed by atoms with Crippen LogP contribution in [0.1, 0.15) is 35.2 Å². The summed E-state index contributed by atoms with van der Waals surface area (Å²) in [5, 5.41) is 2.66. The largest absolute Gasteiger partial charge is 0.326 e. The Balaban J connectivity index is 1.85. The third-order valence-electron chi connectivity index (χ3n) is 4.12. The molecular weight excluding hydrogens is 356 g/mol. The first-order chi connectivity index (χ1) is 12.3. The Labute approximate surface area is 150 Å². The van der Waals surface area contributed by atoms with Gasteiger partial charge in [0.2, 0.25) is 11.8 Å². The second kappa shape index (κ2) is 6.72. The number of para-hydroxylation sites is 1. The Kier molecular flexibility index (Phi) is 4.60. The standard InChI is InChI=1S/C18H16N2O5S/c1-11(21)12-6-8-13(9-7-12)26(24,25)20-18(23)15-10-17(22)19-16-5-3-2-4-14(15)16/h2-9,15H,10H2,1H3,(H,19,22)(H,20,23). The van der Waals surface area contributed by atoms with Gasteiger partial charge in [0, 0.05) is 17.7 Å². The zero-order chi connectivity index (χ0) is 18.9. The van der Waals surface area contributed by atoms with Gasteiger partial charge in [-0.15, -0.1) is 0 Å². The third kappa shape index (κ3) is 3.50. The quantitative estimate of drug-likeness (QED) is 0.796. The molecule has 1 aliphatic rings. The minimum atomic E-state index is -4.11. The molecule has 3 rings (SSSR count). The average molecular weight is 372 g/mol. The summed E-state index contributed by atoms with van der Waals surface area (Å²) >= 11 is 0. The van der Waals surface area contributed by atoms with Gasteiger partial charge in [-0.05, 0) is 30.7 Å². The van der Waals surface area contributed by atoms with Gasteiger partial charge in [-0.25, -0.2) is 13.1 Å². The Morgan fingerprint density at radius 1 is 1.08 bits per heavy atom. The van der Waals surface area contributed by atoms with Crippen molar-refractivity contribution >= 4 is 33.3 Å². The van der Waals surface area contributed by atoms with E-state index >= 15 is 0 Å². The molecule has 2 aromatic rings. The molecule has 0 saturated carbocycles. The first kappa shape index (κ1) is 17.8. The fourth-order valence-electron chi connectivity index (χ4n) is 2.78. The number of nitrogens with one attached hydrogen (secondary N) is 2. The van der Waals surface area contributed by atoms with E-state index in [2.05, 4.69) is 5.32 Å². The molecule has 0 fully saturated rings. The highest BCUT2D eigenvalue weighted by Crippen LogP contribution is 2.32. The summed E-state index contributed by atoms with van der Waals surface area (Å²) in [7, 11) is -4.11. The SMILES string of the molecule is CC(=O)c1ccc(S(=O)(=O)NC(=O)C2CC(=O)Nc3ccccc32)cc1. The van der Waals surface area contributed by atoms with Crippen molar-refractivity contribution in [2.24, 2.45) is 0 Å². The second-order valence-corrected chi connectivity index (χ2v) is 7.62. The van der Waals surface area contributed by atoms with Crippen molar-refractivity contribution in [3.63, 3.8) is 0 Å². The van der Waals surface area contributed by atoms with Crippen LogP contribution in [0.3, 0.4) is 0 Å². The highest BCUT2D eigenvalue weighted by Gasteiger charge is 2.32. The lowest BCUT2D eigenvalue weighted by molar-refractivity contribution is -0.125. The summed E-state index contributed by atoms with van der Waals surface area (Å²) < 4.78 is 26.9. The fourth-order valence-corrected chi connectivity index (χ4v) is 3.80. The van der Waals surface area contributed by atoms with Gasteiger partial charge in [-0.3, -0.25) is 14.4 Å². The lowest BCUT2D eigenvalue weighted by Crippen LogP contribution is -2.38. The van der Waals surface area contributed by atoms with Gasteiger partial charge < -0.3 is 5.32 Å². The minimum absolute atomic E-state index is 0.135. The number of rotatable bonds is 4. The molecule has 0 aliphatic carbocycles. The van der Waals surface area contributed by atoms with Crippen molar-refractivity contribution in [2.75, 3.05) is 5.32 Å². The maximum absolute atomic E-state index is 12.5. The molecule has 134 valence electrons. The molecule has 0 bridgehead atoms. The monoisotopic (exact) mass is 372 g/mol. The van der Waals surface area contributed by atoms with Crippen molar-refractivity contribution in [3.05, 3.63) is 59.7 Å². The molecule has 1 atom stereocenters. The normalized spacial score (nSPS) is 16.3. The van der Waals surface area contributed by atoms with Crippen LogP contribution >= 0.6 is 0 Å². The molecule has 1 aliphatic heterocycles. The van der Waals surface area contributed by atoms with Crippen LogP contribution in [0.5, 0.6) is 0 Å². The van der Waals surface area contributed by atoms with Gasteiger partial charge in [-0.2, -0.15) is 0 Å². The summed E-state index contributed by atoms with van der Waals surface area (Å²) in [5.74, 6) is -2.22. The zero-order valence-electron chi connectivity index (χ0n) is 13.9. The van der Waals surface area contributed by atoms with Crippen LogP contribution in [0.25, 0.3) is 0 Å². The zero-order valence-corrected chi connectivity index (χ0v) is 14.7. The van der Waals surface area contributed by atoms with Crippen LogP contribution in [0.2, 0.25) is 0 Å². The van der Waals surface area contributed by atoms with Crippen LogP contribution in [-0.4, -0.2) is 26.0 Å². The number of anilines is 1. The number of sulfonamides is 1. The highest BCUT2D eigenvalue weighted by atomic mass is 32.2. The fraction of sp³-hybridized carbons (Fsp3) is 0.167. The van der Waals surface area contributed by atoms with E-state index in [1.807, 2.05) is 4.72 Å². The molecule has 1 unspecified atom stereocenters. The van der Waals surface area contributed by atoms with E-state index in [1.165, 1.54) is 31.2 Å².